The van der Waals surface area contributed by atoms with Gasteiger partial charge in [0.15, 0.2) is 11.5 Å². The Labute approximate surface area is 145 Å². The molecule has 2 aromatic heterocycles. The summed E-state index contributed by atoms with van der Waals surface area (Å²) >= 11 is 0. The van der Waals surface area contributed by atoms with E-state index in [1.54, 1.807) is 26.5 Å². The van der Waals surface area contributed by atoms with E-state index in [1.807, 2.05) is 24.3 Å². The van der Waals surface area contributed by atoms with Crippen LogP contribution in [0.3, 0.4) is 0 Å². The second-order valence-electron chi connectivity index (χ2n) is 5.05. The molecule has 0 saturated heterocycles. The first-order valence-corrected chi connectivity index (χ1v) is 7.48. The lowest BCUT2D eigenvalue weighted by molar-refractivity contribution is 0.316. The van der Waals surface area contributed by atoms with Crippen LogP contribution in [0, 0.1) is 0 Å². The molecule has 0 amide bonds. The van der Waals surface area contributed by atoms with Gasteiger partial charge in [-0.1, -0.05) is 17.3 Å². The quantitative estimate of drug-likeness (QED) is 0.679. The van der Waals surface area contributed by atoms with Crippen molar-refractivity contribution in [1.82, 2.24) is 10.1 Å². The highest BCUT2D eigenvalue weighted by atomic mass is 16.5. The minimum atomic E-state index is 0.300. The van der Waals surface area contributed by atoms with Crippen molar-refractivity contribution in [1.29, 1.82) is 0 Å². The second kappa shape index (κ2) is 7.12. The summed E-state index contributed by atoms with van der Waals surface area (Å²) in [7, 11) is 6.21. The zero-order valence-electron chi connectivity index (χ0n) is 14.4. The third-order valence-corrected chi connectivity index (χ3v) is 3.73. The van der Waals surface area contributed by atoms with E-state index in [1.165, 1.54) is 14.2 Å². The lowest BCUT2D eigenvalue weighted by atomic mass is 10.0. The summed E-state index contributed by atoms with van der Waals surface area (Å²) in [6, 6.07) is 9.30. The van der Waals surface area contributed by atoms with Crippen LogP contribution >= 0.6 is 0 Å². The molecule has 7 heteroatoms. The largest absolute Gasteiger partial charge is 0.497 e. The standard InChI is InChI=1S/C18H18N2O5/c1-21-12-7-5-11(6-8-12)13-10-19-25-16(13)14-9-15(22-2)17(23-3)18(20-14)24-4/h5-10H,1-4H3. The number of hydrogen-bond acceptors (Lipinski definition) is 7. The van der Waals surface area contributed by atoms with E-state index in [4.69, 9.17) is 23.5 Å². The molecule has 7 nitrogen and oxygen atoms in total. The SMILES string of the molecule is COc1ccc(-c2cnoc2-c2cc(OC)c(OC)c(OC)n2)cc1. The van der Waals surface area contributed by atoms with Crippen LogP contribution in [0.15, 0.2) is 41.1 Å². The van der Waals surface area contributed by atoms with E-state index in [9.17, 15) is 0 Å². The maximum absolute atomic E-state index is 5.44. The minimum absolute atomic E-state index is 0.300. The van der Waals surface area contributed by atoms with Crippen molar-refractivity contribution in [2.24, 2.45) is 0 Å². The van der Waals surface area contributed by atoms with Crippen molar-refractivity contribution < 1.29 is 23.5 Å². The fraction of sp³-hybridized carbons (Fsp3) is 0.222. The van der Waals surface area contributed by atoms with Crippen LogP contribution in [0.1, 0.15) is 0 Å². The van der Waals surface area contributed by atoms with Gasteiger partial charge in [0.2, 0.25) is 5.75 Å². The fourth-order valence-corrected chi connectivity index (χ4v) is 2.48. The average Bonchev–Trinajstić information content (AvgIpc) is 3.16. The van der Waals surface area contributed by atoms with Crippen LogP contribution < -0.4 is 18.9 Å². The van der Waals surface area contributed by atoms with Gasteiger partial charge in [0, 0.05) is 6.07 Å². The van der Waals surface area contributed by atoms with Gasteiger partial charge in [-0.3, -0.25) is 0 Å². The van der Waals surface area contributed by atoms with E-state index in [2.05, 4.69) is 10.1 Å². The monoisotopic (exact) mass is 342 g/mol. The Balaban J connectivity index is 2.10. The number of nitrogens with zero attached hydrogens (tertiary/aromatic N) is 2. The van der Waals surface area contributed by atoms with E-state index in [0.29, 0.717) is 28.8 Å². The predicted molar refractivity (Wildman–Crippen MR) is 91.4 cm³/mol. The zero-order valence-corrected chi connectivity index (χ0v) is 14.4. The van der Waals surface area contributed by atoms with Gasteiger partial charge in [-0.25, -0.2) is 4.98 Å². The highest BCUT2D eigenvalue weighted by molar-refractivity contribution is 5.78. The molecule has 0 bridgehead atoms. The predicted octanol–water partition coefficient (Wildman–Crippen LogP) is 3.44. The average molecular weight is 342 g/mol. The van der Waals surface area contributed by atoms with Crippen LogP contribution in [0.25, 0.3) is 22.6 Å². The number of ether oxygens (including phenoxy) is 4. The summed E-state index contributed by atoms with van der Waals surface area (Å²) in [5.41, 5.74) is 2.25. The molecule has 3 aromatic rings. The number of methoxy groups -OCH3 is 4. The van der Waals surface area contributed by atoms with E-state index >= 15 is 0 Å². The molecule has 0 aliphatic heterocycles. The summed E-state index contributed by atoms with van der Waals surface area (Å²) in [6.45, 7) is 0. The Morgan fingerprint density at radius 2 is 1.64 bits per heavy atom. The van der Waals surface area contributed by atoms with Gasteiger partial charge in [0.25, 0.3) is 5.88 Å². The highest BCUT2D eigenvalue weighted by Gasteiger charge is 2.21. The molecule has 0 N–H and O–H groups in total. The molecular weight excluding hydrogens is 324 g/mol. The summed E-state index contributed by atoms with van der Waals surface area (Å²) in [4.78, 5) is 4.45. The molecule has 1 aromatic carbocycles. The second-order valence-corrected chi connectivity index (χ2v) is 5.05. The lowest BCUT2D eigenvalue weighted by Crippen LogP contribution is -1.98. The number of hydrogen-bond donors (Lipinski definition) is 0. The number of pyridine rings is 1. The van der Waals surface area contributed by atoms with Gasteiger partial charge < -0.3 is 23.5 Å². The van der Waals surface area contributed by atoms with Gasteiger partial charge in [-0.2, -0.15) is 0 Å². The maximum atomic E-state index is 5.44. The molecule has 130 valence electrons. The van der Waals surface area contributed by atoms with Crippen molar-refractivity contribution in [3.63, 3.8) is 0 Å². The first-order valence-electron chi connectivity index (χ1n) is 7.48. The normalized spacial score (nSPS) is 10.4. The minimum Gasteiger partial charge on any atom is -0.497 e. The molecule has 25 heavy (non-hydrogen) atoms. The van der Waals surface area contributed by atoms with E-state index in [0.717, 1.165) is 16.9 Å². The summed E-state index contributed by atoms with van der Waals surface area (Å²) in [5.74, 6) is 2.48. The van der Waals surface area contributed by atoms with Crippen LogP contribution in [0.5, 0.6) is 23.1 Å². The Bertz CT molecular complexity index is 833. The summed E-state index contributed by atoms with van der Waals surface area (Å²) in [6.07, 6.45) is 1.64. The third-order valence-electron chi connectivity index (χ3n) is 3.73. The van der Waals surface area contributed by atoms with Gasteiger partial charge in [0.05, 0.1) is 40.2 Å². The van der Waals surface area contributed by atoms with Crippen molar-refractivity contribution in [3.05, 3.63) is 36.5 Å². The lowest BCUT2D eigenvalue weighted by Gasteiger charge is -2.12. The topological polar surface area (TPSA) is 75.8 Å². The smallest absolute Gasteiger partial charge is 0.261 e. The van der Waals surface area contributed by atoms with E-state index in [-0.39, 0.29) is 0 Å². The molecule has 0 aliphatic rings. The van der Waals surface area contributed by atoms with Crippen molar-refractivity contribution in [2.75, 3.05) is 28.4 Å². The fourth-order valence-electron chi connectivity index (χ4n) is 2.48. The Morgan fingerprint density at radius 3 is 2.24 bits per heavy atom. The first-order chi connectivity index (χ1) is 12.2. The zero-order chi connectivity index (χ0) is 17.8. The molecule has 0 spiro atoms. The van der Waals surface area contributed by atoms with Gasteiger partial charge in [-0.15, -0.1) is 0 Å². The molecule has 0 radical (unpaired) electrons. The maximum Gasteiger partial charge on any atom is 0.261 e. The molecule has 2 heterocycles. The molecule has 0 saturated carbocycles. The van der Waals surface area contributed by atoms with Gasteiger partial charge in [-0.05, 0) is 17.7 Å². The molecule has 0 atom stereocenters. The van der Waals surface area contributed by atoms with Gasteiger partial charge in [0.1, 0.15) is 11.4 Å². The molecule has 0 aliphatic carbocycles. The van der Waals surface area contributed by atoms with Crippen LogP contribution in [-0.4, -0.2) is 38.6 Å². The van der Waals surface area contributed by atoms with Crippen molar-refractivity contribution >= 4 is 0 Å². The Hall–Kier alpha value is -3.22. The first kappa shape index (κ1) is 16.6. The number of benzene rings is 1. The highest BCUT2D eigenvalue weighted by Crippen LogP contribution is 2.40. The van der Waals surface area contributed by atoms with Crippen molar-refractivity contribution in [3.8, 4) is 45.7 Å². The number of aromatic nitrogens is 2. The third kappa shape index (κ3) is 3.08. The van der Waals surface area contributed by atoms with Crippen LogP contribution in [0.2, 0.25) is 0 Å². The van der Waals surface area contributed by atoms with Crippen LogP contribution in [0.4, 0.5) is 0 Å². The molecule has 0 unspecified atom stereocenters. The summed E-state index contributed by atoms with van der Waals surface area (Å²) < 4.78 is 26.6. The van der Waals surface area contributed by atoms with E-state index < -0.39 is 0 Å². The molecular formula is C18H18N2O5. The molecule has 3 rings (SSSR count). The Morgan fingerprint density at radius 1 is 0.880 bits per heavy atom. The Kier molecular flexibility index (Phi) is 4.74. The summed E-state index contributed by atoms with van der Waals surface area (Å²) in [5, 5.41) is 3.91. The van der Waals surface area contributed by atoms with Gasteiger partial charge >= 0.3 is 0 Å². The number of rotatable bonds is 6. The molecule has 0 fully saturated rings. The van der Waals surface area contributed by atoms with Crippen LogP contribution in [-0.2, 0) is 0 Å². The van der Waals surface area contributed by atoms with Crippen molar-refractivity contribution in [2.45, 2.75) is 0 Å².